The number of nitrogens with zero attached hydrogens (tertiary/aromatic N) is 4. The third-order valence-corrected chi connectivity index (χ3v) is 9.43. The van der Waals surface area contributed by atoms with Crippen molar-refractivity contribution >= 4 is 65.2 Å². The lowest BCUT2D eigenvalue weighted by molar-refractivity contribution is 1.15. The second-order valence-corrected chi connectivity index (χ2v) is 12.1. The van der Waals surface area contributed by atoms with Crippen LogP contribution in [-0.2, 0) is 0 Å². The lowest BCUT2D eigenvalue weighted by Crippen LogP contribution is -1.97. The van der Waals surface area contributed by atoms with Gasteiger partial charge in [-0.05, 0) is 52.6 Å². The molecule has 0 amide bonds. The van der Waals surface area contributed by atoms with Crippen LogP contribution in [0.5, 0.6) is 0 Å². The summed E-state index contributed by atoms with van der Waals surface area (Å²) in [5, 5.41) is 9.27. The smallest absolute Gasteiger partial charge is 0.0955 e. The summed E-state index contributed by atoms with van der Waals surface area (Å²) >= 11 is 0. The van der Waals surface area contributed by atoms with Gasteiger partial charge in [0, 0.05) is 50.5 Å². The monoisotopic (exact) mass is 598 g/mol. The summed E-state index contributed by atoms with van der Waals surface area (Å²) in [5.41, 5.74) is 9.04. The number of benzene rings is 6. The number of para-hydroxylation sites is 2. The normalized spacial score (nSPS) is 11.8. The summed E-state index contributed by atoms with van der Waals surface area (Å²) in [6.45, 7) is 0. The Bertz CT molecular complexity index is 2860. The van der Waals surface area contributed by atoms with E-state index in [0.29, 0.717) is 0 Å². The summed E-state index contributed by atoms with van der Waals surface area (Å²) < 4.78 is 2.34. The average molecular weight is 599 g/mol. The standard InChI is InChI=1S/C43H26N4/c1-4-12-30-29(11-1)25-41(33-14-6-5-13-31(30)33)47-26-36(40-22-18-28-10-3-8-16-38(28)46-40)35-20-19-34-32(23-24-44-42(34)43(35)47)39-21-17-27-9-2-7-15-37(27)45-39/h1-26H. The Balaban J connectivity index is 1.32. The highest BCUT2D eigenvalue weighted by Gasteiger charge is 2.20. The van der Waals surface area contributed by atoms with Crippen LogP contribution in [0.1, 0.15) is 0 Å². The Hall–Kier alpha value is -6.39. The molecule has 0 aliphatic rings. The molecule has 4 heterocycles. The molecule has 4 heteroatoms. The SMILES string of the molecule is c1ccc2nc(-c3ccnc4c3ccc3c(-c5ccc6ccccc6n5)cn(-c5cc6ccccc6c6ccccc56)c34)ccc2c1. The van der Waals surface area contributed by atoms with Crippen molar-refractivity contribution in [3.63, 3.8) is 0 Å². The van der Waals surface area contributed by atoms with Gasteiger partial charge in [0.25, 0.3) is 0 Å². The highest BCUT2D eigenvalue weighted by Crippen LogP contribution is 2.41. The average Bonchev–Trinajstić information content (AvgIpc) is 3.54. The molecule has 218 valence electrons. The zero-order valence-corrected chi connectivity index (χ0v) is 25.3. The van der Waals surface area contributed by atoms with Crippen LogP contribution in [0.3, 0.4) is 0 Å². The van der Waals surface area contributed by atoms with Gasteiger partial charge < -0.3 is 4.57 Å². The Labute approximate surface area is 270 Å². The molecular formula is C43H26N4. The van der Waals surface area contributed by atoms with E-state index in [1.54, 1.807) is 0 Å². The van der Waals surface area contributed by atoms with E-state index in [9.17, 15) is 0 Å². The molecule has 0 aliphatic carbocycles. The molecule has 0 fully saturated rings. The van der Waals surface area contributed by atoms with Crippen LogP contribution in [0.2, 0.25) is 0 Å². The minimum absolute atomic E-state index is 0.930. The van der Waals surface area contributed by atoms with Crippen LogP contribution in [0.25, 0.3) is 93.4 Å². The van der Waals surface area contributed by atoms with Crippen LogP contribution >= 0.6 is 0 Å². The van der Waals surface area contributed by atoms with Gasteiger partial charge in [-0.3, -0.25) is 4.98 Å². The quantitative estimate of drug-likeness (QED) is 0.190. The summed E-state index contributed by atoms with van der Waals surface area (Å²) in [5.74, 6) is 0. The molecule has 0 aliphatic heterocycles. The molecule has 10 aromatic rings. The summed E-state index contributed by atoms with van der Waals surface area (Å²) in [6, 6.07) is 51.2. The molecule has 0 radical (unpaired) electrons. The van der Waals surface area contributed by atoms with Crippen molar-refractivity contribution in [1.82, 2.24) is 19.5 Å². The van der Waals surface area contributed by atoms with E-state index in [1.807, 2.05) is 18.3 Å². The number of pyridine rings is 3. The highest BCUT2D eigenvalue weighted by molar-refractivity contribution is 6.16. The predicted molar refractivity (Wildman–Crippen MR) is 195 cm³/mol. The van der Waals surface area contributed by atoms with Gasteiger partial charge in [0.15, 0.2) is 0 Å². The van der Waals surface area contributed by atoms with Gasteiger partial charge in [-0.25, -0.2) is 9.97 Å². The molecular weight excluding hydrogens is 573 g/mol. The van der Waals surface area contributed by atoms with Gasteiger partial charge in [0.1, 0.15) is 0 Å². The molecule has 0 atom stereocenters. The first kappa shape index (κ1) is 25.9. The number of rotatable bonds is 3. The first-order valence-electron chi connectivity index (χ1n) is 15.9. The Morgan fingerprint density at radius 1 is 0.426 bits per heavy atom. The predicted octanol–water partition coefficient (Wildman–Crippen LogP) is 10.9. The Morgan fingerprint density at radius 3 is 1.77 bits per heavy atom. The zero-order valence-electron chi connectivity index (χ0n) is 25.3. The fraction of sp³-hybridized carbons (Fsp3) is 0. The van der Waals surface area contributed by atoms with Crippen molar-refractivity contribution in [3.8, 4) is 28.2 Å². The van der Waals surface area contributed by atoms with Gasteiger partial charge in [-0.15, -0.1) is 0 Å². The van der Waals surface area contributed by atoms with Crippen LogP contribution < -0.4 is 0 Å². The van der Waals surface area contributed by atoms with Gasteiger partial charge in [-0.1, -0.05) is 109 Å². The molecule has 0 unspecified atom stereocenters. The molecule has 6 aromatic carbocycles. The second-order valence-electron chi connectivity index (χ2n) is 12.1. The lowest BCUT2D eigenvalue weighted by Gasteiger charge is -2.14. The molecule has 0 bridgehead atoms. The highest BCUT2D eigenvalue weighted by atomic mass is 15.0. The minimum Gasteiger partial charge on any atom is -0.313 e. The van der Waals surface area contributed by atoms with Crippen LogP contribution in [0.15, 0.2) is 158 Å². The molecule has 0 spiro atoms. The van der Waals surface area contributed by atoms with E-state index in [1.165, 1.54) is 21.5 Å². The second kappa shape index (κ2) is 10.1. The maximum Gasteiger partial charge on any atom is 0.0955 e. The number of aromatic nitrogens is 4. The minimum atomic E-state index is 0.930. The molecule has 0 saturated heterocycles. The summed E-state index contributed by atoms with van der Waals surface area (Å²) in [7, 11) is 0. The lowest BCUT2D eigenvalue weighted by atomic mass is 9.99. The van der Waals surface area contributed by atoms with Gasteiger partial charge >= 0.3 is 0 Å². The van der Waals surface area contributed by atoms with Gasteiger partial charge in [0.05, 0.1) is 39.1 Å². The Morgan fingerprint density at radius 2 is 1.02 bits per heavy atom. The maximum atomic E-state index is 5.15. The largest absolute Gasteiger partial charge is 0.313 e. The van der Waals surface area contributed by atoms with Crippen LogP contribution in [0, 0.1) is 0 Å². The van der Waals surface area contributed by atoms with E-state index in [-0.39, 0.29) is 0 Å². The molecule has 10 rings (SSSR count). The first-order valence-corrected chi connectivity index (χ1v) is 15.9. The maximum absolute atomic E-state index is 5.15. The van der Waals surface area contributed by atoms with E-state index >= 15 is 0 Å². The number of hydrogen-bond donors (Lipinski definition) is 0. The van der Waals surface area contributed by atoms with E-state index in [4.69, 9.17) is 15.0 Å². The molecule has 47 heavy (non-hydrogen) atoms. The van der Waals surface area contributed by atoms with Crippen molar-refractivity contribution in [2.24, 2.45) is 0 Å². The van der Waals surface area contributed by atoms with E-state index < -0.39 is 0 Å². The van der Waals surface area contributed by atoms with Crippen molar-refractivity contribution in [2.45, 2.75) is 0 Å². The summed E-state index contributed by atoms with van der Waals surface area (Å²) in [4.78, 5) is 15.3. The Kier molecular flexibility index (Phi) is 5.54. The zero-order chi connectivity index (χ0) is 30.9. The number of hydrogen-bond acceptors (Lipinski definition) is 3. The van der Waals surface area contributed by atoms with Gasteiger partial charge in [0.2, 0.25) is 0 Å². The fourth-order valence-electron chi connectivity index (χ4n) is 7.21. The molecule has 4 aromatic heterocycles. The summed E-state index contributed by atoms with van der Waals surface area (Å²) in [6.07, 6.45) is 4.16. The topological polar surface area (TPSA) is 43.6 Å². The van der Waals surface area contributed by atoms with E-state index in [2.05, 4.69) is 144 Å². The molecule has 0 N–H and O–H groups in total. The van der Waals surface area contributed by atoms with Crippen molar-refractivity contribution in [3.05, 3.63) is 158 Å². The fourth-order valence-corrected chi connectivity index (χ4v) is 7.21. The van der Waals surface area contributed by atoms with Crippen LogP contribution in [0.4, 0.5) is 0 Å². The van der Waals surface area contributed by atoms with Gasteiger partial charge in [-0.2, -0.15) is 0 Å². The van der Waals surface area contributed by atoms with E-state index in [0.717, 1.165) is 71.8 Å². The first-order chi connectivity index (χ1) is 23.3. The van der Waals surface area contributed by atoms with Crippen LogP contribution in [-0.4, -0.2) is 19.5 Å². The molecule has 4 nitrogen and oxygen atoms in total. The number of fused-ring (bicyclic) bond motifs is 8. The van der Waals surface area contributed by atoms with Crippen molar-refractivity contribution < 1.29 is 0 Å². The third kappa shape index (κ3) is 3.98. The van der Waals surface area contributed by atoms with Crippen molar-refractivity contribution in [1.29, 1.82) is 0 Å². The third-order valence-electron chi connectivity index (χ3n) is 9.43. The van der Waals surface area contributed by atoms with Crippen molar-refractivity contribution in [2.75, 3.05) is 0 Å². The molecule has 0 saturated carbocycles.